The van der Waals surface area contributed by atoms with Crippen molar-refractivity contribution in [2.24, 2.45) is 12.0 Å². The second-order valence-corrected chi connectivity index (χ2v) is 5.87. The summed E-state index contributed by atoms with van der Waals surface area (Å²) in [7, 11) is 5.66. The van der Waals surface area contributed by atoms with E-state index in [4.69, 9.17) is 11.6 Å². The molecule has 0 unspecified atom stereocenters. The van der Waals surface area contributed by atoms with E-state index in [2.05, 4.69) is 10.3 Å². The van der Waals surface area contributed by atoms with Crippen LogP contribution in [0.1, 0.15) is 11.3 Å². The van der Waals surface area contributed by atoms with Crippen LogP contribution in [-0.2, 0) is 20.0 Å². The largest absolute Gasteiger partial charge is 0.356 e. The van der Waals surface area contributed by atoms with Crippen molar-refractivity contribution in [2.75, 3.05) is 20.6 Å². The Labute approximate surface area is 141 Å². The van der Waals surface area contributed by atoms with Gasteiger partial charge in [0.15, 0.2) is 5.96 Å². The zero-order chi connectivity index (χ0) is 16.8. The molecule has 0 aliphatic carbocycles. The van der Waals surface area contributed by atoms with Crippen LogP contribution in [0.3, 0.4) is 0 Å². The van der Waals surface area contributed by atoms with Crippen molar-refractivity contribution in [3.8, 4) is 0 Å². The molecule has 0 amide bonds. The Kier molecular flexibility index (Phi) is 6.04. The molecule has 0 radical (unpaired) electrons. The number of hydrogen-bond donors (Lipinski definition) is 1. The molecule has 0 fully saturated rings. The topological polar surface area (TPSA) is 32.6 Å². The smallest absolute Gasteiger partial charge is 0.193 e. The van der Waals surface area contributed by atoms with Crippen molar-refractivity contribution in [3.63, 3.8) is 0 Å². The molecule has 2 rings (SSSR count). The number of halogens is 2. The summed E-state index contributed by atoms with van der Waals surface area (Å²) >= 11 is 6.01. The van der Waals surface area contributed by atoms with E-state index in [0.29, 0.717) is 25.1 Å². The van der Waals surface area contributed by atoms with E-state index < -0.39 is 0 Å². The van der Waals surface area contributed by atoms with E-state index in [1.54, 1.807) is 19.2 Å². The van der Waals surface area contributed by atoms with Crippen LogP contribution in [0.4, 0.5) is 4.39 Å². The molecular formula is C17H22ClFN4. The predicted molar refractivity (Wildman–Crippen MR) is 93.4 cm³/mol. The Bertz CT molecular complexity index is 681. The van der Waals surface area contributed by atoms with Crippen molar-refractivity contribution < 1.29 is 4.39 Å². The number of guanidine groups is 1. The number of aromatic nitrogens is 1. The van der Waals surface area contributed by atoms with Gasteiger partial charge < -0.3 is 14.8 Å². The Balaban J connectivity index is 1.90. The van der Waals surface area contributed by atoms with E-state index in [0.717, 1.165) is 16.7 Å². The maximum Gasteiger partial charge on any atom is 0.193 e. The minimum absolute atomic E-state index is 0.170. The summed E-state index contributed by atoms with van der Waals surface area (Å²) in [6.45, 7) is 1.30. The first-order chi connectivity index (χ1) is 11.0. The van der Waals surface area contributed by atoms with Gasteiger partial charge in [-0.1, -0.05) is 29.8 Å². The lowest BCUT2D eigenvalue weighted by Crippen LogP contribution is -2.39. The Morgan fingerprint density at radius 3 is 2.74 bits per heavy atom. The monoisotopic (exact) mass is 336 g/mol. The second-order valence-electron chi connectivity index (χ2n) is 5.43. The van der Waals surface area contributed by atoms with Gasteiger partial charge in [-0.25, -0.2) is 4.39 Å². The van der Waals surface area contributed by atoms with Crippen LogP contribution >= 0.6 is 11.6 Å². The zero-order valence-electron chi connectivity index (χ0n) is 13.7. The first-order valence-electron chi connectivity index (χ1n) is 7.47. The molecule has 0 aliphatic rings. The van der Waals surface area contributed by atoms with Gasteiger partial charge in [0.05, 0.1) is 11.6 Å². The molecule has 0 saturated carbocycles. The van der Waals surface area contributed by atoms with Gasteiger partial charge in [-0.2, -0.15) is 0 Å². The summed E-state index contributed by atoms with van der Waals surface area (Å²) in [4.78, 5) is 6.28. The SMILES string of the molecule is CN=C(NCCc1ccccc1F)N(C)Cc1cc(Cl)cn1C. The maximum absolute atomic E-state index is 13.6. The van der Waals surface area contributed by atoms with E-state index in [1.165, 1.54) is 6.07 Å². The lowest BCUT2D eigenvalue weighted by Gasteiger charge is -2.22. The quantitative estimate of drug-likeness (QED) is 0.672. The minimum atomic E-state index is -0.170. The van der Waals surface area contributed by atoms with Crippen molar-refractivity contribution in [1.82, 2.24) is 14.8 Å². The molecule has 0 atom stereocenters. The van der Waals surface area contributed by atoms with Gasteiger partial charge in [0, 0.05) is 39.6 Å². The molecule has 23 heavy (non-hydrogen) atoms. The highest BCUT2D eigenvalue weighted by Gasteiger charge is 2.10. The van der Waals surface area contributed by atoms with Gasteiger partial charge >= 0.3 is 0 Å². The number of aryl methyl sites for hydroxylation is 1. The third-order valence-corrected chi connectivity index (χ3v) is 3.89. The third-order valence-electron chi connectivity index (χ3n) is 3.68. The number of rotatable bonds is 5. The van der Waals surface area contributed by atoms with Gasteiger partial charge in [-0.3, -0.25) is 4.99 Å². The van der Waals surface area contributed by atoms with E-state index in [1.807, 2.05) is 41.9 Å². The highest BCUT2D eigenvalue weighted by molar-refractivity contribution is 6.30. The van der Waals surface area contributed by atoms with Crippen molar-refractivity contribution in [1.29, 1.82) is 0 Å². The molecule has 1 N–H and O–H groups in total. The molecule has 1 aromatic carbocycles. The van der Waals surface area contributed by atoms with Crippen LogP contribution in [0.5, 0.6) is 0 Å². The average Bonchev–Trinajstić information content (AvgIpc) is 2.83. The van der Waals surface area contributed by atoms with Gasteiger partial charge in [0.2, 0.25) is 0 Å². The average molecular weight is 337 g/mol. The predicted octanol–water partition coefficient (Wildman–Crippen LogP) is 3.07. The molecule has 4 nitrogen and oxygen atoms in total. The molecule has 1 heterocycles. The number of aliphatic imine (C=N–C) groups is 1. The minimum Gasteiger partial charge on any atom is -0.356 e. The van der Waals surface area contributed by atoms with Gasteiger partial charge in [-0.05, 0) is 24.1 Å². The summed E-state index contributed by atoms with van der Waals surface area (Å²) in [5.74, 6) is 0.592. The van der Waals surface area contributed by atoms with Crippen LogP contribution in [0.2, 0.25) is 5.02 Å². The molecule has 124 valence electrons. The number of nitrogens with one attached hydrogen (secondary N) is 1. The van der Waals surface area contributed by atoms with Crippen LogP contribution < -0.4 is 5.32 Å². The highest BCUT2D eigenvalue weighted by atomic mass is 35.5. The number of hydrogen-bond acceptors (Lipinski definition) is 1. The Morgan fingerprint density at radius 1 is 1.39 bits per heavy atom. The van der Waals surface area contributed by atoms with Crippen LogP contribution in [0, 0.1) is 5.82 Å². The fourth-order valence-corrected chi connectivity index (χ4v) is 2.71. The molecular weight excluding hydrogens is 315 g/mol. The lowest BCUT2D eigenvalue weighted by atomic mass is 10.1. The molecule has 0 saturated heterocycles. The highest BCUT2D eigenvalue weighted by Crippen LogP contribution is 2.14. The van der Waals surface area contributed by atoms with Crippen molar-refractivity contribution in [3.05, 3.63) is 58.6 Å². The van der Waals surface area contributed by atoms with Crippen LogP contribution in [0.15, 0.2) is 41.5 Å². The van der Waals surface area contributed by atoms with Crippen molar-refractivity contribution >= 4 is 17.6 Å². The van der Waals surface area contributed by atoms with E-state index in [-0.39, 0.29) is 5.82 Å². The van der Waals surface area contributed by atoms with E-state index >= 15 is 0 Å². The third kappa shape index (κ3) is 4.73. The maximum atomic E-state index is 13.6. The Hall–Kier alpha value is -2.01. The van der Waals surface area contributed by atoms with E-state index in [9.17, 15) is 4.39 Å². The summed E-state index contributed by atoms with van der Waals surface area (Å²) in [6, 6.07) is 8.76. The van der Waals surface area contributed by atoms with Gasteiger partial charge in [0.25, 0.3) is 0 Å². The zero-order valence-corrected chi connectivity index (χ0v) is 14.4. The fourth-order valence-electron chi connectivity index (χ4n) is 2.44. The molecule has 1 aromatic heterocycles. The lowest BCUT2D eigenvalue weighted by molar-refractivity contribution is 0.462. The first kappa shape index (κ1) is 17.3. The van der Waals surface area contributed by atoms with Gasteiger partial charge in [-0.15, -0.1) is 0 Å². The molecule has 0 spiro atoms. The molecule has 0 aliphatic heterocycles. The number of nitrogens with zero attached hydrogens (tertiary/aromatic N) is 3. The first-order valence-corrected chi connectivity index (χ1v) is 7.85. The van der Waals surface area contributed by atoms with Crippen LogP contribution in [-0.4, -0.2) is 36.1 Å². The summed E-state index contributed by atoms with van der Waals surface area (Å²) in [5.41, 5.74) is 1.79. The molecule has 0 bridgehead atoms. The summed E-state index contributed by atoms with van der Waals surface area (Å²) in [5, 5.41) is 3.98. The number of benzene rings is 1. The normalized spacial score (nSPS) is 11.6. The second kappa shape index (κ2) is 8.02. The summed E-state index contributed by atoms with van der Waals surface area (Å²) < 4.78 is 15.6. The van der Waals surface area contributed by atoms with Crippen LogP contribution in [0.25, 0.3) is 0 Å². The Morgan fingerprint density at radius 2 is 2.13 bits per heavy atom. The molecule has 6 heteroatoms. The standard InChI is InChI=1S/C17H22ClFN4/c1-20-17(21-9-8-13-6-4-5-7-16(13)19)23(3)12-15-10-14(18)11-22(15)2/h4-7,10-11H,8-9,12H2,1-3H3,(H,20,21). The van der Waals surface area contributed by atoms with Gasteiger partial charge in [0.1, 0.15) is 5.82 Å². The fraction of sp³-hybridized carbons (Fsp3) is 0.353. The van der Waals surface area contributed by atoms with Crippen molar-refractivity contribution in [2.45, 2.75) is 13.0 Å². The molecule has 2 aromatic rings. The summed E-state index contributed by atoms with van der Waals surface area (Å²) in [6.07, 6.45) is 2.48.